The molecule has 15 nitrogen and oxygen atoms in total. The number of rotatable bonds is 16. The first-order valence-electron chi connectivity index (χ1n) is 17.7. The van der Waals surface area contributed by atoms with E-state index in [2.05, 4.69) is 24.9 Å². The molecule has 0 spiro atoms. The third-order valence-corrected chi connectivity index (χ3v) is 9.72. The maximum Gasteiger partial charge on any atom is 0.469 e. The van der Waals surface area contributed by atoms with Crippen LogP contribution in [0.5, 0.6) is 23.0 Å². The van der Waals surface area contributed by atoms with Gasteiger partial charge in [-0.3, -0.25) is 19.0 Å². The molecule has 0 aliphatic rings. The third kappa shape index (κ3) is 11.8. The van der Waals surface area contributed by atoms with Crippen LogP contribution in [0.4, 0.5) is 21.9 Å². The van der Waals surface area contributed by atoms with E-state index in [4.69, 9.17) is 24.0 Å². The second kappa shape index (κ2) is 17.7. The van der Waals surface area contributed by atoms with Crippen LogP contribution in [0.2, 0.25) is 0 Å². The Kier molecular flexibility index (Phi) is 13.3. The van der Waals surface area contributed by atoms with E-state index in [0.29, 0.717) is 46.0 Å². The second-order valence-electron chi connectivity index (χ2n) is 14.1. The standard InChI is InChI=1S/C40H45N4O11PS/c1-40(2,3)26-22-33(38(53-5)34(23-26)44-57(6,50)51)43-39(46)42-32-15-16-36(30-11-8-7-10-29(30)32)55-28-17-18-41-27(24-28)20-25-13-14-31(37(21-25)52-4)35(45)12-9-19-54-56(47,48)49/h7-8,10-11,13-18,21-24,44H,9,12,19-20H2,1-6H3,(H2,42,43,46)(H2,47,48,49). The minimum absolute atomic E-state index is 0.0184. The number of phosphoric ester groups is 1. The average Bonchev–Trinajstić information content (AvgIpc) is 3.13. The number of carbonyl (C=O) groups is 2. The van der Waals surface area contributed by atoms with Gasteiger partial charge in [0.2, 0.25) is 10.0 Å². The van der Waals surface area contributed by atoms with Crippen molar-refractivity contribution in [2.75, 3.05) is 42.4 Å². The van der Waals surface area contributed by atoms with Crippen molar-refractivity contribution in [3.05, 3.63) is 107 Å². The Bertz CT molecular complexity index is 2450. The lowest BCUT2D eigenvalue weighted by atomic mass is 9.86. The van der Waals surface area contributed by atoms with Crippen LogP contribution in [0.25, 0.3) is 10.8 Å². The van der Waals surface area contributed by atoms with Gasteiger partial charge in [-0.25, -0.2) is 17.8 Å². The number of pyridine rings is 1. The number of amides is 2. The molecule has 1 aromatic heterocycles. The van der Waals surface area contributed by atoms with E-state index >= 15 is 0 Å². The predicted octanol–water partition coefficient (Wildman–Crippen LogP) is 8.02. The van der Waals surface area contributed by atoms with Gasteiger partial charge in [-0.1, -0.05) is 51.1 Å². The fourth-order valence-corrected chi connectivity index (χ4v) is 6.89. The van der Waals surface area contributed by atoms with Crippen molar-refractivity contribution in [3.63, 3.8) is 0 Å². The van der Waals surface area contributed by atoms with Crippen LogP contribution in [0.3, 0.4) is 0 Å². The molecule has 0 saturated carbocycles. The van der Waals surface area contributed by atoms with E-state index in [1.54, 1.807) is 60.8 Å². The first kappa shape index (κ1) is 42.6. The molecule has 17 heteroatoms. The number of phosphoric acid groups is 1. The molecule has 0 bridgehead atoms. The molecule has 0 aliphatic heterocycles. The van der Waals surface area contributed by atoms with Gasteiger partial charge in [-0.15, -0.1) is 0 Å². The molecule has 302 valence electrons. The molecule has 5 rings (SSSR count). The quantitative estimate of drug-likeness (QED) is 0.0364. The lowest BCUT2D eigenvalue weighted by Gasteiger charge is -2.24. The zero-order valence-corrected chi connectivity index (χ0v) is 34.0. The largest absolute Gasteiger partial charge is 0.496 e. The van der Waals surface area contributed by atoms with Gasteiger partial charge < -0.3 is 34.6 Å². The van der Waals surface area contributed by atoms with Crippen molar-refractivity contribution in [3.8, 4) is 23.0 Å². The molecular weight excluding hydrogens is 775 g/mol. The predicted molar refractivity (Wildman–Crippen MR) is 218 cm³/mol. The Balaban J connectivity index is 1.32. The molecule has 1 heterocycles. The molecule has 5 aromatic rings. The zero-order valence-electron chi connectivity index (χ0n) is 32.3. The Labute approximate surface area is 331 Å². The van der Waals surface area contributed by atoms with E-state index in [1.165, 1.54) is 14.2 Å². The number of nitrogens with zero attached hydrogens (tertiary/aromatic N) is 1. The fraction of sp³-hybridized carbons (Fsp3) is 0.275. The molecule has 0 atom stereocenters. The van der Waals surface area contributed by atoms with Crippen molar-refractivity contribution < 1.29 is 51.1 Å². The summed E-state index contributed by atoms with van der Waals surface area (Å²) in [4.78, 5) is 48.5. The molecular formula is C40H45N4O11PS. The van der Waals surface area contributed by atoms with Gasteiger partial charge in [0.25, 0.3) is 0 Å². The van der Waals surface area contributed by atoms with Gasteiger partial charge in [0.15, 0.2) is 11.5 Å². The summed E-state index contributed by atoms with van der Waals surface area (Å²) >= 11 is 0. The number of carbonyl (C=O) groups excluding carboxylic acids is 2. The van der Waals surface area contributed by atoms with Crippen molar-refractivity contribution in [2.24, 2.45) is 0 Å². The molecule has 0 fully saturated rings. The highest BCUT2D eigenvalue weighted by atomic mass is 32.2. The summed E-state index contributed by atoms with van der Waals surface area (Å²) in [5, 5.41) is 7.14. The highest BCUT2D eigenvalue weighted by Crippen LogP contribution is 2.40. The van der Waals surface area contributed by atoms with Crippen LogP contribution in [-0.2, 0) is 30.9 Å². The normalized spacial score (nSPS) is 11.9. The first-order valence-corrected chi connectivity index (χ1v) is 21.1. The molecule has 5 N–H and O–H groups in total. The summed E-state index contributed by atoms with van der Waals surface area (Å²) in [6.45, 7) is 5.65. The van der Waals surface area contributed by atoms with E-state index in [-0.39, 0.29) is 47.8 Å². The second-order valence-corrected chi connectivity index (χ2v) is 17.1. The zero-order chi connectivity index (χ0) is 41.5. The first-order chi connectivity index (χ1) is 26.8. The monoisotopic (exact) mass is 820 g/mol. The molecule has 0 aliphatic carbocycles. The smallest absolute Gasteiger partial charge is 0.469 e. The Hall–Kier alpha value is -5.51. The summed E-state index contributed by atoms with van der Waals surface area (Å²) in [5.41, 5.74) is 3.21. The van der Waals surface area contributed by atoms with Crippen LogP contribution in [0.1, 0.15) is 60.8 Å². The number of anilines is 3. The van der Waals surface area contributed by atoms with Crippen molar-refractivity contribution in [2.45, 2.75) is 45.4 Å². The third-order valence-electron chi connectivity index (χ3n) is 8.61. The van der Waals surface area contributed by atoms with E-state index < -0.39 is 23.9 Å². The van der Waals surface area contributed by atoms with Gasteiger partial charge in [0.1, 0.15) is 17.2 Å². The number of hydrogen-bond acceptors (Lipinski definition) is 10. The Morgan fingerprint density at radius 2 is 1.54 bits per heavy atom. The molecule has 0 unspecified atom stereocenters. The number of nitrogens with one attached hydrogen (secondary N) is 3. The number of fused-ring (bicyclic) bond motifs is 1. The van der Waals surface area contributed by atoms with Crippen molar-refractivity contribution in [1.82, 2.24) is 4.98 Å². The minimum Gasteiger partial charge on any atom is -0.496 e. The van der Waals surface area contributed by atoms with Crippen molar-refractivity contribution in [1.29, 1.82) is 0 Å². The number of Topliss-reactive ketones (excluding diaryl/α,β-unsaturated/α-hetero) is 1. The minimum atomic E-state index is -4.60. The maximum absolute atomic E-state index is 13.5. The van der Waals surface area contributed by atoms with Gasteiger partial charge in [-0.05, 0) is 65.4 Å². The number of urea groups is 1. The Morgan fingerprint density at radius 1 is 0.842 bits per heavy atom. The number of hydrogen-bond donors (Lipinski definition) is 5. The molecule has 57 heavy (non-hydrogen) atoms. The van der Waals surface area contributed by atoms with E-state index in [1.807, 2.05) is 45.0 Å². The number of methoxy groups -OCH3 is 2. The van der Waals surface area contributed by atoms with Crippen LogP contribution >= 0.6 is 7.82 Å². The molecule has 2 amide bonds. The summed E-state index contributed by atoms with van der Waals surface area (Å²) in [7, 11) is -5.41. The molecule has 0 saturated heterocycles. The number of benzene rings is 4. The number of ether oxygens (including phenoxy) is 3. The van der Waals surface area contributed by atoms with Crippen LogP contribution in [-0.4, -0.2) is 62.1 Å². The summed E-state index contributed by atoms with van der Waals surface area (Å²) < 4.78 is 59.5. The van der Waals surface area contributed by atoms with Gasteiger partial charge in [0.05, 0.1) is 49.7 Å². The van der Waals surface area contributed by atoms with Crippen LogP contribution in [0, 0.1) is 0 Å². The van der Waals surface area contributed by atoms with E-state index in [0.717, 1.165) is 22.8 Å². The summed E-state index contributed by atoms with van der Waals surface area (Å²) in [6, 6.07) is 22.4. The SMILES string of the molecule is COc1cc(Cc2cc(Oc3ccc(NC(=O)Nc4cc(C(C)(C)C)cc(NS(C)(=O)=O)c4OC)c4ccccc34)ccn2)ccc1C(=O)CCCOP(=O)(O)O. The topological polar surface area (TPSA) is 212 Å². The number of ketones is 1. The summed E-state index contributed by atoms with van der Waals surface area (Å²) in [5.74, 6) is 1.31. The van der Waals surface area contributed by atoms with Gasteiger partial charge in [0, 0.05) is 41.6 Å². The molecule has 0 radical (unpaired) electrons. The van der Waals surface area contributed by atoms with Gasteiger partial charge in [-0.2, -0.15) is 0 Å². The van der Waals surface area contributed by atoms with Gasteiger partial charge >= 0.3 is 13.9 Å². The molecule has 4 aromatic carbocycles. The van der Waals surface area contributed by atoms with Crippen molar-refractivity contribution >= 4 is 57.5 Å². The summed E-state index contributed by atoms with van der Waals surface area (Å²) in [6.07, 6.45) is 3.21. The fourth-order valence-electron chi connectivity index (χ4n) is 5.97. The lowest BCUT2D eigenvalue weighted by molar-refractivity contribution is 0.0964. The Morgan fingerprint density at radius 3 is 2.21 bits per heavy atom. The average molecular weight is 821 g/mol. The lowest BCUT2D eigenvalue weighted by Crippen LogP contribution is -2.22. The van der Waals surface area contributed by atoms with E-state index in [9.17, 15) is 22.6 Å². The maximum atomic E-state index is 13.5. The van der Waals surface area contributed by atoms with Crippen LogP contribution < -0.4 is 29.6 Å². The van der Waals surface area contributed by atoms with Crippen LogP contribution in [0.15, 0.2) is 85.1 Å². The number of aromatic nitrogens is 1. The highest BCUT2D eigenvalue weighted by molar-refractivity contribution is 7.92. The number of sulfonamides is 1. The highest BCUT2D eigenvalue weighted by Gasteiger charge is 2.23.